The number of benzene rings is 1. The number of rotatable bonds is 3. The lowest BCUT2D eigenvalue weighted by atomic mass is 10.3. The number of aromatic nitrogens is 4. The van der Waals surface area contributed by atoms with Crippen molar-refractivity contribution in [2.75, 3.05) is 0 Å². The van der Waals surface area contributed by atoms with Gasteiger partial charge in [-0.1, -0.05) is 30.4 Å². The second-order valence-corrected chi connectivity index (χ2v) is 6.66. The van der Waals surface area contributed by atoms with Gasteiger partial charge < -0.3 is 0 Å². The summed E-state index contributed by atoms with van der Waals surface area (Å²) in [5, 5.41) is 6.66. The van der Waals surface area contributed by atoms with Gasteiger partial charge in [0, 0.05) is 6.42 Å². The van der Waals surface area contributed by atoms with E-state index in [1.807, 2.05) is 28.9 Å². The molecule has 0 amide bonds. The van der Waals surface area contributed by atoms with Gasteiger partial charge >= 0.3 is 0 Å². The van der Waals surface area contributed by atoms with Crippen LogP contribution < -0.4 is 0 Å². The van der Waals surface area contributed by atoms with Crippen LogP contribution in [0.5, 0.6) is 0 Å². The molecule has 4 aromatic rings. The minimum atomic E-state index is 0.910. The molecule has 3 aromatic heterocycles. The maximum Gasteiger partial charge on any atom is 0.212 e. The van der Waals surface area contributed by atoms with Crippen molar-refractivity contribution >= 4 is 37.9 Å². The van der Waals surface area contributed by atoms with Crippen molar-refractivity contribution in [3.8, 4) is 10.7 Å². The summed E-state index contributed by atoms with van der Waals surface area (Å²) < 4.78 is 3.07. The van der Waals surface area contributed by atoms with Crippen LogP contribution in [0.25, 0.3) is 25.9 Å². The van der Waals surface area contributed by atoms with Crippen LogP contribution in [0.15, 0.2) is 30.5 Å². The molecule has 0 spiro atoms. The molecule has 4 rings (SSSR count). The highest BCUT2D eigenvalue weighted by atomic mass is 32.1. The number of thiazole rings is 1. The molecular formula is C14H12N4S2. The van der Waals surface area contributed by atoms with Gasteiger partial charge in [0.15, 0.2) is 0 Å². The Morgan fingerprint density at radius 2 is 2.05 bits per heavy atom. The van der Waals surface area contributed by atoms with Crippen molar-refractivity contribution in [1.82, 2.24) is 19.6 Å². The van der Waals surface area contributed by atoms with Gasteiger partial charge in [-0.05, 0) is 18.6 Å². The van der Waals surface area contributed by atoms with Gasteiger partial charge in [-0.2, -0.15) is 5.10 Å². The molecule has 1 aromatic carbocycles. The van der Waals surface area contributed by atoms with E-state index in [9.17, 15) is 0 Å². The second-order valence-electron chi connectivity index (χ2n) is 4.59. The molecule has 0 bridgehead atoms. The maximum absolute atomic E-state index is 4.65. The van der Waals surface area contributed by atoms with Gasteiger partial charge in [-0.3, -0.25) is 0 Å². The summed E-state index contributed by atoms with van der Waals surface area (Å²) in [4.78, 5) is 10.2. The van der Waals surface area contributed by atoms with Crippen LogP contribution in [0, 0.1) is 0 Å². The third-order valence-corrected chi connectivity index (χ3v) is 5.10. The van der Waals surface area contributed by atoms with Crippen molar-refractivity contribution < 1.29 is 0 Å². The molecule has 0 saturated heterocycles. The zero-order valence-electron chi connectivity index (χ0n) is 10.9. The predicted octanol–water partition coefficient (Wildman–Crippen LogP) is 4.02. The highest BCUT2D eigenvalue weighted by molar-refractivity contribution is 7.21. The molecule has 3 heterocycles. The normalized spacial score (nSPS) is 11.7. The number of hydrogen-bond acceptors (Lipinski definition) is 5. The molecule has 0 fully saturated rings. The quantitative estimate of drug-likeness (QED) is 0.574. The predicted molar refractivity (Wildman–Crippen MR) is 83.5 cm³/mol. The first kappa shape index (κ1) is 12.0. The fourth-order valence-corrected chi connectivity index (χ4v) is 4.04. The minimum absolute atomic E-state index is 0.910. The van der Waals surface area contributed by atoms with Crippen LogP contribution in [0.1, 0.15) is 18.4 Å². The monoisotopic (exact) mass is 300 g/mol. The Balaban J connectivity index is 1.79. The zero-order valence-corrected chi connectivity index (χ0v) is 12.5. The second kappa shape index (κ2) is 4.64. The number of aryl methyl sites for hydroxylation is 1. The Kier molecular flexibility index (Phi) is 2.78. The average Bonchev–Trinajstić information content (AvgIpc) is 3.09. The molecule has 0 saturated carbocycles. The van der Waals surface area contributed by atoms with Gasteiger partial charge in [-0.25, -0.2) is 14.5 Å². The molecule has 0 aliphatic rings. The molecule has 6 heteroatoms. The number of nitrogens with zero attached hydrogens (tertiary/aromatic N) is 4. The summed E-state index contributed by atoms with van der Waals surface area (Å²) in [5.74, 6) is 0. The summed E-state index contributed by atoms with van der Waals surface area (Å²) >= 11 is 3.34. The molecule has 100 valence electrons. The first-order valence-corrected chi connectivity index (χ1v) is 8.18. The molecule has 0 aliphatic heterocycles. The Hall–Kier alpha value is -1.79. The van der Waals surface area contributed by atoms with Crippen LogP contribution in [0.4, 0.5) is 0 Å². The third kappa shape index (κ3) is 1.92. The van der Waals surface area contributed by atoms with E-state index in [0.717, 1.165) is 39.0 Å². The Morgan fingerprint density at radius 1 is 1.15 bits per heavy atom. The third-order valence-electron chi connectivity index (χ3n) is 3.06. The molecule has 0 unspecified atom stereocenters. The van der Waals surface area contributed by atoms with Crippen LogP contribution in [0.2, 0.25) is 0 Å². The lowest BCUT2D eigenvalue weighted by Crippen LogP contribution is -1.85. The summed E-state index contributed by atoms with van der Waals surface area (Å²) in [6.07, 6.45) is 4.11. The van der Waals surface area contributed by atoms with Crippen molar-refractivity contribution in [1.29, 1.82) is 0 Å². The van der Waals surface area contributed by atoms with Gasteiger partial charge in [0.2, 0.25) is 4.96 Å². The molecule has 0 radical (unpaired) electrons. The van der Waals surface area contributed by atoms with Crippen molar-refractivity contribution in [3.63, 3.8) is 0 Å². The fraction of sp³-hybridized carbons (Fsp3) is 0.214. The van der Waals surface area contributed by atoms with Crippen molar-refractivity contribution in [2.45, 2.75) is 19.8 Å². The number of hydrogen-bond donors (Lipinski definition) is 0. The standard InChI is InChI=1S/C14H12N4S2/c1-2-5-12-17-18-8-10(16-14(18)20-12)13-15-9-6-3-4-7-11(9)19-13/h3-4,6-8H,2,5H2,1H3. The highest BCUT2D eigenvalue weighted by Crippen LogP contribution is 2.30. The largest absolute Gasteiger partial charge is 0.234 e. The summed E-state index contributed by atoms with van der Waals surface area (Å²) in [7, 11) is 0. The van der Waals surface area contributed by atoms with Crippen molar-refractivity contribution in [2.24, 2.45) is 0 Å². The Labute approximate surface area is 123 Å². The van der Waals surface area contributed by atoms with E-state index in [-0.39, 0.29) is 0 Å². The lowest BCUT2D eigenvalue weighted by Gasteiger charge is -1.87. The van der Waals surface area contributed by atoms with Crippen LogP contribution in [-0.4, -0.2) is 19.6 Å². The van der Waals surface area contributed by atoms with E-state index in [4.69, 9.17) is 0 Å². The Bertz CT molecular complexity index is 822. The van der Waals surface area contributed by atoms with E-state index < -0.39 is 0 Å². The Morgan fingerprint density at radius 3 is 2.85 bits per heavy atom. The smallest absolute Gasteiger partial charge is 0.212 e. The van der Waals surface area contributed by atoms with Gasteiger partial charge in [-0.15, -0.1) is 11.3 Å². The van der Waals surface area contributed by atoms with E-state index in [2.05, 4.69) is 28.1 Å². The summed E-state index contributed by atoms with van der Waals surface area (Å²) in [6, 6.07) is 8.17. The molecular weight excluding hydrogens is 288 g/mol. The van der Waals surface area contributed by atoms with Gasteiger partial charge in [0.25, 0.3) is 0 Å². The first-order chi connectivity index (χ1) is 9.83. The van der Waals surface area contributed by atoms with E-state index >= 15 is 0 Å². The molecule has 0 aliphatic carbocycles. The number of fused-ring (bicyclic) bond motifs is 2. The maximum atomic E-state index is 4.65. The molecule has 4 nitrogen and oxygen atoms in total. The van der Waals surface area contributed by atoms with Gasteiger partial charge in [0.1, 0.15) is 15.7 Å². The van der Waals surface area contributed by atoms with E-state index in [0.29, 0.717) is 0 Å². The summed E-state index contributed by atoms with van der Waals surface area (Å²) in [6.45, 7) is 2.16. The highest BCUT2D eigenvalue weighted by Gasteiger charge is 2.12. The molecule has 0 atom stereocenters. The average molecular weight is 300 g/mol. The number of para-hydroxylation sites is 1. The summed E-state index contributed by atoms with van der Waals surface area (Å²) in [5.41, 5.74) is 1.94. The first-order valence-electron chi connectivity index (χ1n) is 6.54. The zero-order chi connectivity index (χ0) is 13.5. The topological polar surface area (TPSA) is 43.1 Å². The van der Waals surface area contributed by atoms with E-state index in [1.54, 1.807) is 22.7 Å². The lowest BCUT2D eigenvalue weighted by molar-refractivity contribution is 0.849. The van der Waals surface area contributed by atoms with Crippen LogP contribution >= 0.6 is 22.7 Å². The fourth-order valence-electron chi connectivity index (χ4n) is 2.14. The van der Waals surface area contributed by atoms with Gasteiger partial charge in [0.05, 0.1) is 16.4 Å². The van der Waals surface area contributed by atoms with Crippen LogP contribution in [0.3, 0.4) is 0 Å². The molecule has 0 N–H and O–H groups in total. The molecule has 20 heavy (non-hydrogen) atoms. The van der Waals surface area contributed by atoms with Crippen molar-refractivity contribution in [3.05, 3.63) is 35.5 Å². The number of imidazole rings is 1. The SMILES string of the molecule is CCCc1nn2cc(-c3nc4ccccc4s3)nc2s1. The van der Waals surface area contributed by atoms with Crippen LogP contribution in [-0.2, 0) is 6.42 Å². The van der Waals surface area contributed by atoms with E-state index in [1.165, 1.54) is 4.70 Å². The minimum Gasteiger partial charge on any atom is -0.234 e.